The number of aliphatic imine (C=N–C) groups is 1. The van der Waals surface area contributed by atoms with Gasteiger partial charge in [0.2, 0.25) is 0 Å². The molecule has 128 valence electrons. The average Bonchev–Trinajstić information content (AvgIpc) is 2.45. The van der Waals surface area contributed by atoms with Gasteiger partial charge < -0.3 is 10.6 Å². The van der Waals surface area contributed by atoms with E-state index in [0.717, 1.165) is 13.0 Å². The summed E-state index contributed by atoms with van der Waals surface area (Å²) in [4.78, 5) is 4.13. The van der Waals surface area contributed by atoms with Crippen LogP contribution in [0.15, 0.2) is 16.6 Å². The number of guanidine groups is 1. The predicted octanol–water partition coefficient (Wildman–Crippen LogP) is 2.26. The highest BCUT2D eigenvalue weighted by molar-refractivity contribution is 7.92. The number of rotatable bonds is 6. The zero-order valence-electron chi connectivity index (χ0n) is 14.4. The minimum Gasteiger partial charge on any atom is -0.356 e. The highest BCUT2D eigenvalue weighted by Crippen LogP contribution is 2.19. The molecule has 0 aliphatic heterocycles. The van der Waals surface area contributed by atoms with Crippen LogP contribution in [0.25, 0.3) is 0 Å². The zero-order valence-corrected chi connectivity index (χ0v) is 15.2. The van der Waals surface area contributed by atoms with Crippen LogP contribution >= 0.6 is 0 Å². The molecule has 1 rings (SSSR count). The van der Waals surface area contributed by atoms with Gasteiger partial charge in [0.05, 0.1) is 10.5 Å². The maximum Gasteiger partial charge on any atom is 0.191 e. The van der Waals surface area contributed by atoms with Gasteiger partial charge in [-0.25, -0.2) is 8.42 Å². The van der Waals surface area contributed by atoms with Crippen LogP contribution in [0.3, 0.4) is 0 Å². The van der Waals surface area contributed by atoms with Crippen LogP contribution in [0.1, 0.15) is 52.9 Å². The van der Waals surface area contributed by atoms with Gasteiger partial charge in [-0.1, -0.05) is 11.6 Å². The minimum absolute atomic E-state index is 0.113. The van der Waals surface area contributed by atoms with Gasteiger partial charge in [0.25, 0.3) is 0 Å². The first-order chi connectivity index (χ1) is 10.3. The Hall–Kier alpha value is -1.04. The maximum atomic E-state index is 12.0. The summed E-state index contributed by atoms with van der Waals surface area (Å²) in [5, 5.41) is 6.32. The van der Waals surface area contributed by atoms with E-state index in [0.29, 0.717) is 12.5 Å². The van der Waals surface area contributed by atoms with Gasteiger partial charge in [-0.15, -0.1) is 0 Å². The molecule has 1 aliphatic rings. The van der Waals surface area contributed by atoms with Gasteiger partial charge in [-0.05, 0) is 52.9 Å². The smallest absolute Gasteiger partial charge is 0.191 e. The Morgan fingerprint density at radius 3 is 2.45 bits per heavy atom. The minimum atomic E-state index is -3.09. The van der Waals surface area contributed by atoms with E-state index in [-0.39, 0.29) is 5.75 Å². The number of hydrogen-bond donors (Lipinski definition) is 2. The molecule has 0 amide bonds. The highest BCUT2D eigenvalue weighted by atomic mass is 32.2. The first-order valence-corrected chi connectivity index (χ1v) is 9.76. The van der Waals surface area contributed by atoms with Crippen LogP contribution in [-0.2, 0) is 9.84 Å². The van der Waals surface area contributed by atoms with E-state index in [1.54, 1.807) is 27.8 Å². The van der Waals surface area contributed by atoms with Crippen molar-refractivity contribution in [1.29, 1.82) is 0 Å². The van der Waals surface area contributed by atoms with Crippen molar-refractivity contribution in [2.75, 3.05) is 25.9 Å². The fraction of sp³-hybridized carbons (Fsp3) is 0.812. The zero-order chi connectivity index (χ0) is 16.6. The SMILES string of the molecule is CN=C(NCCC1=CCCCC1)NCCS(=O)(=O)C(C)(C)C. The normalized spacial score (nSPS) is 17.1. The average molecular weight is 330 g/mol. The molecule has 2 N–H and O–H groups in total. The van der Waals surface area contributed by atoms with E-state index in [9.17, 15) is 8.42 Å². The molecule has 0 heterocycles. The summed E-state index contributed by atoms with van der Waals surface area (Å²) in [6.45, 7) is 6.40. The second kappa shape index (κ2) is 8.56. The van der Waals surface area contributed by atoms with Gasteiger partial charge in [-0.3, -0.25) is 4.99 Å². The Labute approximate surface area is 135 Å². The third kappa shape index (κ3) is 6.38. The maximum absolute atomic E-state index is 12.0. The summed E-state index contributed by atoms with van der Waals surface area (Å²) in [7, 11) is -1.39. The summed E-state index contributed by atoms with van der Waals surface area (Å²) in [5.74, 6) is 0.781. The van der Waals surface area contributed by atoms with Gasteiger partial charge in [-0.2, -0.15) is 0 Å². The lowest BCUT2D eigenvalue weighted by atomic mass is 9.97. The van der Waals surface area contributed by atoms with E-state index in [4.69, 9.17) is 0 Å². The number of nitrogens with one attached hydrogen (secondary N) is 2. The first-order valence-electron chi connectivity index (χ1n) is 8.11. The summed E-state index contributed by atoms with van der Waals surface area (Å²) in [6.07, 6.45) is 8.38. The quantitative estimate of drug-likeness (QED) is 0.445. The lowest BCUT2D eigenvalue weighted by Crippen LogP contribution is -2.42. The molecular formula is C16H31N3O2S. The Bertz CT molecular complexity index is 502. The molecule has 0 aromatic rings. The number of sulfone groups is 1. The van der Waals surface area contributed by atoms with E-state index in [2.05, 4.69) is 21.7 Å². The van der Waals surface area contributed by atoms with Crippen LogP contribution in [0.5, 0.6) is 0 Å². The fourth-order valence-electron chi connectivity index (χ4n) is 2.30. The molecule has 1 aliphatic carbocycles. The molecule has 0 fully saturated rings. The molecule has 0 radical (unpaired) electrons. The van der Waals surface area contributed by atoms with Crippen LogP contribution in [-0.4, -0.2) is 45.0 Å². The van der Waals surface area contributed by atoms with Crippen molar-refractivity contribution in [1.82, 2.24) is 10.6 Å². The summed E-state index contributed by atoms with van der Waals surface area (Å²) in [6, 6.07) is 0. The van der Waals surface area contributed by atoms with Crippen molar-refractivity contribution >= 4 is 15.8 Å². The van der Waals surface area contributed by atoms with Crippen molar-refractivity contribution in [3.63, 3.8) is 0 Å². The molecule has 0 unspecified atom stereocenters. The van der Waals surface area contributed by atoms with Crippen molar-refractivity contribution in [3.8, 4) is 0 Å². The Balaban J connectivity index is 2.30. The van der Waals surface area contributed by atoms with Gasteiger partial charge >= 0.3 is 0 Å². The second-order valence-corrected chi connectivity index (χ2v) is 9.58. The summed E-state index contributed by atoms with van der Waals surface area (Å²) in [5.41, 5.74) is 1.52. The molecule has 0 atom stereocenters. The molecule has 0 bridgehead atoms. The monoisotopic (exact) mass is 329 g/mol. The van der Waals surface area contributed by atoms with Crippen LogP contribution in [0.4, 0.5) is 0 Å². The molecule has 6 heteroatoms. The number of nitrogens with zero attached hydrogens (tertiary/aromatic N) is 1. The van der Waals surface area contributed by atoms with Gasteiger partial charge in [0.1, 0.15) is 0 Å². The number of allylic oxidation sites excluding steroid dienone is 1. The molecule has 22 heavy (non-hydrogen) atoms. The molecule has 0 saturated heterocycles. The van der Waals surface area contributed by atoms with Crippen LogP contribution in [0.2, 0.25) is 0 Å². The standard InChI is InChI=1S/C16H31N3O2S/c1-16(2,3)22(20,21)13-12-19-15(17-4)18-11-10-14-8-6-5-7-9-14/h8H,5-7,9-13H2,1-4H3,(H2,17,18,19). The highest BCUT2D eigenvalue weighted by Gasteiger charge is 2.28. The number of hydrogen-bond acceptors (Lipinski definition) is 3. The Morgan fingerprint density at radius 1 is 1.23 bits per heavy atom. The van der Waals surface area contributed by atoms with Crippen molar-refractivity contribution in [2.24, 2.45) is 4.99 Å². The molecule has 0 aromatic heterocycles. The van der Waals surface area contributed by atoms with E-state index >= 15 is 0 Å². The second-order valence-electron chi connectivity index (χ2n) is 6.72. The Kier molecular flexibility index (Phi) is 7.39. The Morgan fingerprint density at radius 2 is 1.91 bits per heavy atom. The van der Waals surface area contributed by atoms with Crippen molar-refractivity contribution in [3.05, 3.63) is 11.6 Å². The topological polar surface area (TPSA) is 70.6 Å². The lowest BCUT2D eigenvalue weighted by Gasteiger charge is -2.20. The third-order valence-electron chi connectivity index (χ3n) is 3.94. The van der Waals surface area contributed by atoms with E-state index in [1.807, 2.05) is 0 Å². The van der Waals surface area contributed by atoms with Crippen LogP contribution in [0, 0.1) is 0 Å². The molecular weight excluding hydrogens is 298 g/mol. The largest absolute Gasteiger partial charge is 0.356 e. The lowest BCUT2D eigenvalue weighted by molar-refractivity contribution is 0.559. The summed E-state index contributed by atoms with van der Waals surface area (Å²) < 4.78 is 23.4. The van der Waals surface area contributed by atoms with E-state index in [1.165, 1.54) is 31.3 Å². The molecule has 5 nitrogen and oxygen atoms in total. The molecule has 0 saturated carbocycles. The fourth-order valence-corrected chi connectivity index (χ4v) is 3.29. The molecule has 0 spiro atoms. The predicted molar refractivity (Wildman–Crippen MR) is 94.1 cm³/mol. The van der Waals surface area contributed by atoms with Crippen LogP contribution < -0.4 is 10.6 Å². The van der Waals surface area contributed by atoms with Gasteiger partial charge in [0.15, 0.2) is 15.8 Å². The van der Waals surface area contributed by atoms with Crippen molar-refractivity contribution in [2.45, 2.75) is 57.6 Å². The summed E-state index contributed by atoms with van der Waals surface area (Å²) >= 11 is 0. The van der Waals surface area contributed by atoms with Crippen molar-refractivity contribution < 1.29 is 8.42 Å². The first kappa shape index (κ1) is 19.0. The third-order valence-corrected chi connectivity index (χ3v) is 6.55. The van der Waals surface area contributed by atoms with E-state index < -0.39 is 14.6 Å². The van der Waals surface area contributed by atoms with Gasteiger partial charge in [0, 0.05) is 20.1 Å². The molecule has 0 aromatic carbocycles.